The number of carbonyl (C=O) groups excluding carboxylic acids is 1. The third-order valence-electron chi connectivity index (χ3n) is 7.31. The number of piperazine rings is 1. The van der Waals surface area contributed by atoms with Crippen LogP contribution in [-0.4, -0.2) is 57.9 Å². The van der Waals surface area contributed by atoms with E-state index in [0.717, 1.165) is 22.0 Å². The first kappa shape index (κ1) is 29.2. The number of nitrogens with one attached hydrogen (secondary N) is 1. The molecule has 0 saturated carbocycles. The normalized spacial score (nSPS) is 16.4. The Bertz CT molecular complexity index is 1630. The third-order valence-corrected chi connectivity index (χ3v) is 7.31. The molecule has 2 aromatic carbocycles. The Hall–Kier alpha value is -4.30. The summed E-state index contributed by atoms with van der Waals surface area (Å²) in [4.78, 5) is 24.5. The van der Waals surface area contributed by atoms with E-state index in [1.54, 1.807) is 6.20 Å². The summed E-state index contributed by atoms with van der Waals surface area (Å²) in [5.41, 5.74) is -0.364. The van der Waals surface area contributed by atoms with E-state index in [1.165, 1.54) is 4.90 Å². The van der Waals surface area contributed by atoms with Crippen LogP contribution in [0.1, 0.15) is 38.3 Å². The van der Waals surface area contributed by atoms with Gasteiger partial charge in [0, 0.05) is 54.5 Å². The van der Waals surface area contributed by atoms with Crippen molar-refractivity contribution < 1.29 is 31.1 Å². The number of hydrogen-bond acceptors (Lipinski definition) is 3. The smallest absolute Gasteiger partial charge is 0.361 e. The van der Waals surface area contributed by atoms with Gasteiger partial charge in [0.15, 0.2) is 0 Å². The second-order valence-electron chi connectivity index (χ2n) is 10.2. The van der Waals surface area contributed by atoms with Crippen LogP contribution in [0, 0.1) is 18.8 Å². The molecular formula is C31H26F6N4O. The lowest BCUT2D eigenvalue weighted by Gasteiger charge is -2.41. The van der Waals surface area contributed by atoms with Gasteiger partial charge >= 0.3 is 12.4 Å². The number of amides is 1. The van der Waals surface area contributed by atoms with Gasteiger partial charge in [-0.2, -0.15) is 26.3 Å². The monoisotopic (exact) mass is 584 g/mol. The number of hydrogen-bond donors (Lipinski definition) is 1. The first-order valence-corrected chi connectivity index (χ1v) is 13.2. The molecule has 0 spiro atoms. The molecule has 42 heavy (non-hydrogen) atoms. The van der Waals surface area contributed by atoms with Crippen LogP contribution in [0.25, 0.3) is 10.9 Å². The van der Waals surface area contributed by atoms with E-state index in [0.29, 0.717) is 43.9 Å². The maximum atomic E-state index is 13.6. The van der Waals surface area contributed by atoms with Crippen LogP contribution in [0.3, 0.4) is 0 Å². The Balaban J connectivity index is 1.45. The number of aryl methyl sites for hydroxylation is 1. The zero-order valence-corrected chi connectivity index (χ0v) is 22.5. The SMILES string of the molecule is Cc1cccnc1C#CCN1CCN(C(=O)c2cc(C(F)(F)F)cc(C(F)(F)F)c2)[C@H](Cc2c[nH]c3ccccc23)C1. The van der Waals surface area contributed by atoms with Crippen molar-refractivity contribution in [2.24, 2.45) is 0 Å². The van der Waals surface area contributed by atoms with Gasteiger partial charge in [-0.3, -0.25) is 9.69 Å². The predicted octanol–water partition coefficient (Wildman–Crippen LogP) is 6.33. The lowest BCUT2D eigenvalue weighted by molar-refractivity contribution is -0.143. The number of halogens is 6. The first-order chi connectivity index (χ1) is 19.9. The van der Waals surface area contributed by atoms with E-state index in [1.807, 2.05) is 54.4 Å². The van der Waals surface area contributed by atoms with E-state index in [2.05, 4.69) is 21.8 Å². The number of carbonyl (C=O) groups is 1. The van der Waals surface area contributed by atoms with Gasteiger partial charge in [0.05, 0.1) is 17.7 Å². The summed E-state index contributed by atoms with van der Waals surface area (Å²) in [6.45, 7) is 3.03. The predicted molar refractivity (Wildman–Crippen MR) is 146 cm³/mol. The van der Waals surface area contributed by atoms with E-state index in [9.17, 15) is 31.1 Å². The number of aromatic amines is 1. The summed E-state index contributed by atoms with van der Waals surface area (Å²) in [6, 6.07) is 11.7. The fourth-order valence-corrected chi connectivity index (χ4v) is 5.16. The number of rotatable bonds is 4. The summed E-state index contributed by atoms with van der Waals surface area (Å²) in [5, 5.41) is 0.922. The van der Waals surface area contributed by atoms with Crippen molar-refractivity contribution in [3.05, 3.63) is 101 Å². The zero-order valence-electron chi connectivity index (χ0n) is 22.5. The van der Waals surface area contributed by atoms with Crippen molar-refractivity contribution >= 4 is 16.8 Å². The van der Waals surface area contributed by atoms with Crippen LogP contribution >= 0.6 is 0 Å². The van der Waals surface area contributed by atoms with Gasteiger partial charge in [-0.15, -0.1) is 0 Å². The highest BCUT2D eigenvalue weighted by molar-refractivity contribution is 5.95. The lowest BCUT2D eigenvalue weighted by atomic mass is 9.98. The minimum Gasteiger partial charge on any atom is -0.361 e. The summed E-state index contributed by atoms with van der Waals surface area (Å²) in [7, 11) is 0. The molecule has 1 atom stereocenters. The van der Waals surface area contributed by atoms with E-state index in [-0.39, 0.29) is 12.6 Å². The van der Waals surface area contributed by atoms with Crippen LogP contribution in [0.4, 0.5) is 26.3 Å². The van der Waals surface area contributed by atoms with Gasteiger partial charge in [0.2, 0.25) is 0 Å². The van der Waals surface area contributed by atoms with E-state index < -0.39 is 41.0 Å². The fraction of sp³-hybridized carbons (Fsp3) is 0.290. The van der Waals surface area contributed by atoms with Gasteiger partial charge < -0.3 is 9.88 Å². The number of H-pyrrole nitrogens is 1. The number of aromatic nitrogens is 2. The van der Waals surface area contributed by atoms with Gasteiger partial charge in [-0.05, 0) is 60.7 Å². The molecule has 1 saturated heterocycles. The number of para-hydroxylation sites is 1. The molecule has 218 valence electrons. The standard InChI is InChI=1S/C31H26F6N4O/c1-20-6-4-10-38-27(20)9-5-11-40-12-13-41(25(19-40)16-22-18-39-28-8-3-2-7-26(22)28)29(42)21-14-23(30(32,33)34)17-24(15-21)31(35,36)37/h2-4,6-8,10,14-15,17-18,25,39H,11-13,16,19H2,1H3/t25-/m1/s1. The first-order valence-electron chi connectivity index (χ1n) is 13.2. The molecule has 1 fully saturated rings. The number of pyridine rings is 1. The molecule has 1 amide bonds. The van der Waals surface area contributed by atoms with Crippen molar-refractivity contribution in [3.63, 3.8) is 0 Å². The molecule has 0 bridgehead atoms. The van der Waals surface area contributed by atoms with Gasteiger partial charge in [0.25, 0.3) is 5.91 Å². The Kier molecular flexibility index (Phi) is 8.01. The summed E-state index contributed by atoms with van der Waals surface area (Å²) in [6.07, 6.45) is -6.31. The largest absolute Gasteiger partial charge is 0.416 e. The maximum Gasteiger partial charge on any atom is 0.416 e. The highest BCUT2D eigenvalue weighted by Gasteiger charge is 2.39. The van der Waals surface area contributed by atoms with E-state index >= 15 is 0 Å². The third kappa shape index (κ3) is 6.44. The molecular weight excluding hydrogens is 558 g/mol. The van der Waals surface area contributed by atoms with Crippen LogP contribution < -0.4 is 0 Å². The molecule has 4 aromatic rings. The van der Waals surface area contributed by atoms with Crippen LogP contribution in [-0.2, 0) is 18.8 Å². The Morgan fingerprint density at radius 2 is 1.71 bits per heavy atom. The molecule has 11 heteroatoms. The minimum absolute atomic E-state index is 0.0279. The van der Waals surface area contributed by atoms with E-state index in [4.69, 9.17) is 0 Å². The molecule has 0 aliphatic carbocycles. The average molecular weight is 585 g/mol. The van der Waals surface area contributed by atoms with Crippen molar-refractivity contribution in [1.82, 2.24) is 19.8 Å². The summed E-state index contributed by atoms with van der Waals surface area (Å²) < 4.78 is 81.1. The highest BCUT2D eigenvalue weighted by Crippen LogP contribution is 2.37. The quantitative estimate of drug-likeness (QED) is 0.225. The van der Waals surface area contributed by atoms with Gasteiger partial charge in [-0.25, -0.2) is 4.98 Å². The maximum absolute atomic E-state index is 13.6. The van der Waals surface area contributed by atoms with Gasteiger partial charge in [0.1, 0.15) is 5.69 Å². The molecule has 3 heterocycles. The number of alkyl halides is 6. The number of fused-ring (bicyclic) bond motifs is 1. The Morgan fingerprint density at radius 1 is 1.00 bits per heavy atom. The van der Waals surface area contributed by atoms with Crippen molar-refractivity contribution in [3.8, 4) is 11.8 Å². The minimum atomic E-state index is -5.05. The van der Waals surface area contributed by atoms with Crippen LogP contribution in [0.5, 0.6) is 0 Å². The Morgan fingerprint density at radius 3 is 2.40 bits per heavy atom. The number of benzene rings is 2. The van der Waals surface area contributed by atoms with Crippen LogP contribution in [0.2, 0.25) is 0 Å². The molecule has 5 nitrogen and oxygen atoms in total. The molecule has 1 aliphatic rings. The van der Waals surface area contributed by atoms with Crippen molar-refractivity contribution in [1.29, 1.82) is 0 Å². The van der Waals surface area contributed by atoms with Crippen molar-refractivity contribution in [2.45, 2.75) is 31.7 Å². The molecule has 1 aliphatic heterocycles. The molecule has 1 N–H and O–H groups in total. The molecule has 0 unspecified atom stereocenters. The summed E-state index contributed by atoms with van der Waals surface area (Å²) >= 11 is 0. The van der Waals surface area contributed by atoms with Gasteiger partial charge in [-0.1, -0.05) is 30.2 Å². The molecule has 0 radical (unpaired) electrons. The zero-order chi connectivity index (χ0) is 30.1. The second kappa shape index (κ2) is 11.5. The average Bonchev–Trinajstić information content (AvgIpc) is 3.35. The fourth-order valence-electron chi connectivity index (χ4n) is 5.16. The lowest BCUT2D eigenvalue weighted by Crippen LogP contribution is -2.56. The second-order valence-corrected chi connectivity index (χ2v) is 10.2. The van der Waals surface area contributed by atoms with Crippen molar-refractivity contribution in [2.75, 3.05) is 26.2 Å². The highest BCUT2D eigenvalue weighted by atomic mass is 19.4. The molecule has 5 rings (SSSR count). The van der Waals surface area contributed by atoms with Crippen LogP contribution in [0.15, 0.2) is 67.0 Å². The number of nitrogens with zero attached hydrogens (tertiary/aromatic N) is 3. The Labute approximate surface area is 238 Å². The summed E-state index contributed by atoms with van der Waals surface area (Å²) in [5.74, 6) is 5.26. The molecule has 2 aromatic heterocycles. The topological polar surface area (TPSA) is 52.2 Å².